The highest BCUT2D eigenvalue weighted by Gasteiger charge is 2.24. The first-order valence-corrected chi connectivity index (χ1v) is 26.1. The molecular formula is C55H99NO5. The van der Waals surface area contributed by atoms with Crippen molar-refractivity contribution in [2.24, 2.45) is 0 Å². The molecule has 354 valence electrons. The van der Waals surface area contributed by atoms with E-state index in [1.807, 2.05) is 36.5 Å². The summed E-state index contributed by atoms with van der Waals surface area (Å²) in [5, 5.41) is 23.8. The fraction of sp³-hybridized carbons (Fsp3) is 0.782. The molecule has 6 nitrogen and oxygen atoms in total. The summed E-state index contributed by atoms with van der Waals surface area (Å²) in [6.07, 6.45) is 59.9. The zero-order valence-electron chi connectivity index (χ0n) is 40.3. The molecule has 0 radical (unpaired) electrons. The van der Waals surface area contributed by atoms with Gasteiger partial charge < -0.3 is 20.3 Å². The van der Waals surface area contributed by atoms with Crippen LogP contribution in [0.1, 0.15) is 252 Å². The lowest BCUT2D eigenvalue weighted by molar-refractivity contribution is -0.151. The molecule has 0 aromatic heterocycles. The Labute approximate surface area is 378 Å². The molecule has 0 aromatic rings. The van der Waals surface area contributed by atoms with E-state index in [9.17, 15) is 19.8 Å². The van der Waals surface area contributed by atoms with Crippen molar-refractivity contribution in [2.75, 3.05) is 6.61 Å². The Hall–Kier alpha value is -2.44. The molecule has 0 rings (SSSR count). The molecule has 6 heteroatoms. The summed E-state index contributed by atoms with van der Waals surface area (Å²) in [6, 6.07) is -0.715. The smallest absolute Gasteiger partial charge is 0.306 e. The van der Waals surface area contributed by atoms with Crippen LogP contribution < -0.4 is 5.32 Å². The second kappa shape index (κ2) is 48.6. The molecule has 0 aromatic carbocycles. The normalized spacial score (nSPS) is 13.7. The molecular weight excluding hydrogens is 755 g/mol. The van der Waals surface area contributed by atoms with E-state index < -0.39 is 18.2 Å². The summed E-state index contributed by atoms with van der Waals surface area (Å²) in [7, 11) is 0. The number of amides is 1. The Morgan fingerprint density at radius 2 is 0.869 bits per heavy atom. The van der Waals surface area contributed by atoms with Gasteiger partial charge in [-0.1, -0.05) is 255 Å². The van der Waals surface area contributed by atoms with Crippen molar-refractivity contribution in [3.05, 3.63) is 60.8 Å². The van der Waals surface area contributed by atoms with Crippen LogP contribution in [-0.4, -0.2) is 46.9 Å². The Bertz CT molecular complexity index is 1090. The lowest BCUT2D eigenvalue weighted by atomic mass is 10.0. The fourth-order valence-corrected chi connectivity index (χ4v) is 7.76. The quantitative estimate of drug-likeness (QED) is 0.0322. The Kier molecular flexibility index (Phi) is 46.6. The number of nitrogens with one attached hydrogen (secondary N) is 1. The van der Waals surface area contributed by atoms with E-state index in [0.29, 0.717) is 19.3 Å². The average molecular weight is 854 g/mol. The second-order valence-electron chi connectivity index (χ2n) is 17.7. The van der Waals surface area contributed by atoms with Crippen molar-refractivity contribution in [2.45, 2.75) is 270 Å². The molecule has 0 fully saturated rings. The Morgan fingerprint density at radius 3 is 1.33 bits per heavy atom. The number of hydrogen-bond donors (Lipinski definition) is 3. The molecule has 0 bridgehead atoms. The number of carbonyl (C=O) groups excluding carboxylic acids is 2. The van der Waals surface area contributed by atoms with Gasteiger partial charge in [-0.05, 0) is 44.9 Å². The van der Waals surface area contributed by atoms with Crippen LogP contribution in [-0.2, 0) is 14.3 Å². The van der Waals surface area contributed by atoms with E-state index in [2.05, 4.69) is 50.4 Å². The largest absolute Gasteiger partial charge is 0.462 e. The third kappa shape index (κ3) is 44.0. The number of ether oxygens (including phenoxy) is 1. The maximum Gasteiger partial charge on any atom is 0.306 e. The molecule has 0 aliphatic heterocycles. The SMILES string of the molecule is CCC/C=C/C=C/C=C/C=C/C=C/CCCCCC(CC(=O)NC(CO)C(O)CCCCCCCCCCCCCCCCCC)OC(=O)CCCCCCCCCCCC. The lowest BCUT2D eigenvalue weighted by Gasteiger charge is -2.24. The van der Waals surface area contributed by atoms with E-state index in [1.54, 1.807) is 0 Å². The van der Waals surface area contributed by atoms with Crippen LogP contribution in [0.25, 0.3) is 0 Å². The van der Waals surface area contributed by atoms with Gasteiger partial charge in [-0.3, -0.25) is 9.59 Å². The number of aliphatic hydroxyl groups excluding tert-OH is 2. The number of aliphatic hydroxyl groups is 2. The monoisotopic (exact) mass is 854 g/mol. The molecule has 0 saturated heterocycles. The number of rotatable bonds is 46. The van der Waals surface area contributed by atoms with Crippen LogP contribution >= 0.6 is 0 Å². The van der Waals surface area contributed by atoms with Gasteiger partial charge in [0.25, 0.3) is 0 Å². The molecule has 3 unspecified atom stereocenters. The van der Waals surface area contributed by atoms with Crippen molar-refractivity contribution in [1.82, 2.24) is 5.32 Å². The predicted octanol–water partition coefficient (Wildman–Crippen LogP) is 15.6. The van der Waals surface area contributed by atoms with Gasteiger partial charge in [-0.2, -0.15) is 0 Å². The minimum absolute atomic E-state index is 0.0501. The van der Waals surface area contributed by atoms with Crippen LogP contribution in [0.2, 0.25) is 0 Å². The van der Waals surface area contributed by atoms with E-state index in [-0.39, 0.29) is 24.9 Å². The van der Waals surface area contributed by atoms with Gasteiger partial charge in [-0.25, -0.2) is 0 Å². The van der Waals surface area contributed by atoms with Crippen LogP contribution in [0.3, 0.4) is 0 Å². The highest BCUT2D eigenvalue weighted by atomic mass is 16.5. The average Bonchev–Trinajstić information content (AvgIpc) is 3.25. The van der Waals surface area contributed by atoms with Gasteiger partial charge >= 0.3 is 5.97 Å². The van der Waals surface area contributed by atoms with E-state index in [4.69, 9.17) is 4.74 Å². The fourth-order valence-electron chi connectivity index (χ4n) is 7.76. The van der Waals surface area contributed by atoms with Crippen LogP contribution in [0, 0.1) is 0 Å². The molecule has 0 aliphatic carbocycles. The minimum Gasteiger partial charge on any atom is -0.462 e. The predicted molar refractivity (Wildman–Crippen MR) is 264 cm³/mol. The van der Waals surface area contributed by atoms with Crippen molar-refractivity contribution in [3.8, 4) is 0 Å². The van der Waals surface area contributed by atoms with Gasteiger partial charge in [0.2, 0.25) is 5.91 Å². The van der Waals surface area contributed by atoms with Gasteiger partial charge in [0.05, 0.1) is 25.2 Å². The van der Waals surface area contributed by atoms with Crippen molar-refractivity contribution >= 4 is 11.9 Å². The number of carbonyl (C=O) groups is 2. The molecule has 0 saturated carbocycles. The Morgan fingerprint density at radius 1 is 0.475 bits per heavy atom. The molecule has 3 atom stereocenters. The molecule has 3 N–H and O–H groups in total. The van der Waals surface area contributed by atoms with Crippen molar-refractivity contribution < 1.29 is 24.5 Å². The first-order chi connectivity index (χ1) is 30.0. The first kappa shape index (κ1) is 58.6. The van der Waals surface area contributed by atoms with E-state index in [0.717, 1.165) is 70.6 Å². The van der Waals surface area contributed by atoms with E-state index >= 15 is 0 Å². The molecule has 1 amide bonds. The van der Waals surface area contributed by atoms with Gasteiger partial charge in [-0.15, -0.1) is 0 Å². The standard InChI is InChI=1S/C55H99NO5/c1-4-7-10-13-16-19-22-24-26-28-30-32-34-37-40-43-46-51(61-55(60)48-45-42-39-36-21-18-15-12-9-6-3)49-54(59)56-52(50-57)53(58)47-44-41-38-35-33-31-29-27-25-23-20-17-14-11-8-5-2/h10,13,16,19,22,24,26,28,30,32,51-53,57-58H,4-9,11-12,14-15,17-18,20-21,23,25,27,29,31,33-50H2,1-3H3,(H,56,59)/b13-10+,19-16+,24-22+,28-26+,32-30+. The van der Waals surface area contributed by atoms with Crippen LogP contribution in [0.4, 0.5) is 0 Å². The zero-order valence-corrected chi connectivity index (χ0v) is 40.3. The summed E-state index contributed by atoms with van der Waals surface area (Å²) in [4.78, 5) is 26.1. The molecule has 0 heterocycles. The number of hydrogen-bond acceptors (Lipinski definition) is 5. The lowest BCUT2D eigenvalue weighted by Crippen LogP contribution is -2.46. The topological polar surface area (TPSA) is 95.9 Å². The number of allylic oxidation sites excluding steroid dienone is 10. The second-order valence-corrected chi connectivity index (χ2v) is 17.7. The molecule has 0 spiro atoms. The van der Waals surface area contributed by atoms with E-state index in [1.165, 1.54) is 135 Å². The highest BCUT2D eigenvalue weighted by Crippen LogP contribution is 2.18. The highest BCUT2D eigenvalue weighted by molar-refractivity contribution is 5.77. The minimum atomic E-state index is -0.800. The summed E-state index contributed by atoms with van der Waals surface area (Å²) >= 11 is 0. The van der Waals surface area contributed by atoms with Crippen LogP contribution in [0.15, 0.2) is 60.8 Å². The van der Waals surface area contributed by atoms with Crippen LogP contribution in [0.5, 0.6) is 0 Å². The van der Waals surface area contributed by atoms with Crippen molar-refractivity contribution in [3.63, 3.8) is 0 Å². The number of esters is 1. The third-order valence-electron chi connectivity index (χ3n) is 11.7. The summed E-state index contributed by atoms with van der Waals surface area (Å²) in [5.41, 5.74) is 0. The molecule has 0 aliphatic rings. The van der Waals surface area contributed by atoms with Gasteiger partial charge in [0.15, 0.2) is 0 Å². The summed E-state index contributed by atoms with van der Waals surface area (Å²) in [5.74, 6) is -0.513. The summed E-state index contributed by atoms with van der Waals surface area (Å²) in [6.45, 7) is 6.38. The third-order valence-corrected chi connectivity index (χ3v) is 11.7. The maximum atomic E-state index is 13.2. The van der Waals surface area contributed by atoms with Gasteiger partial charge in [0, 0.05) is 6.42 Å². The van der Waals surface area contributed by atoms with Crippen molar-refractivity contribution in [1.29, 1.82) is 0 Å². The summed E-state index contributed by atoms with van der Waals surface area (Å²) < 4.78 is 5.90. The molecule has 61 heavy (non-hydrogen) atoms. The van der Waals surface area contributed by atoms with Gasteiger partial charge in [0.1, 0.15) is 6.10 Å². The Balaban J connectivity index is 4.61. The zero-order chi connectivity index (χ0) is 44.5. The maximum absolute atomic E-state index is 13.2. The first-order valence-electron chi connectivity index (χ1n) is 26.1. The number of unbranched alkanes of at least 4 members (excludes halogenated alkanes) is 28.